The van der Waals surface area contributed by atoms with E-state index in [-0.39, 0.29) is 0 Å². The number of rotatable bonds is 2. The number of carbonyl (C=O) groups excluding carboxylic acids is 2. The minimum Gasteiger partial charge on any atom is -0.342 e. The third-order valence-corrected chi connectivity index (χ3v) is 3.74. The van der Waals surface area contributed by atoms with Gasteiger partial charge in [-0.2, -0.15) is 0 Å². The summed E-state index contributed by atoms with van der Waals surface area (Å²) in [5.74, 6) is -0.997. The van der Waals surface area contributed by atoms with Crippen LogP contribution in [0.15, 0.2) is 5.38 Å². The van der Waals surface area contributed by atoms with Gasteiger partial charge in [-0.3, -0.25) is 9.59 Å². The Morgan fingerprint density at radius 2 is 2.32 bits per heavy atom. The van der Waals surface area contributed by atoms with E-state index in [1.807, 2.05) is 12.3 Å². The van der Waals surface area contributed by atoms with E-state index in [1.54, 1.807) is 4.90 Å². The third-order valence-electron chi connectivity index (χ3n) is 2.92. The van der Waals surface area contributed by atoms with Crippen molar-refractivity contribution in [1.29, 1.82) is 0 Å². The molecule has 0 aromatic carbocycles. The first-order valence-corrected chi connectivity index (χ1v) is 7.23. The van der Waals surface area contributed by atoms with Gasteiger partial charge in [-0.25, -0.2) is 4.98 Å². The molecule has 2 rings (SSSR count). The van der Waals surface area contributed by atoms with Crippen molar-refractivity contribution in [3.63, 3.8) is 0 Å². The molecular formula is C12H18N4O2S. The van der Waals surface area contributed by atoms with Crippen LogP contribution in [0.25, 0.3) is 0 Å². The fourth-order valence-corrected chi connectivity index (χ4v) is 2.54. The van der Waals surface area contributed by atoms with Crippen molar-refractivity contribution in [3.05, 3.63) is 16.1 Å². The number of amides is 2. The Labute approximate surface area is 116 Å². The Morgan fingerprint density at radius 1 is 1.47 bits per heavy atom. The van der Waals surface area contributed by atoms with Gasteiger partial charge in [0.1, 0.15) is 0 Å². The minimum absolute atomic E-state index is 0.307. The molecule has 1 aliphatic rings. The van der Waals surface area contributed by atoms with E-state index in [2.05, 4.69) is 15.6 Å². The van der Waals surface area contributed by atoms with Crippen LogP contribution in [-0.4, -0.2) is 47.9 Å². The van der Waals surface area contributed by atoms with Crippen LogP contribution in [0.2, 0.25) is 0 Å². The number of thiazole rings is 1. The number of hydrogen-bond donors (Lipinski definition) is 2. The Kier molecular flexibility index (Phi) is 4.86. The molecule has 2 amide bonds. The highest BCUT2D eigenvalue weighted by atomic mass is 32.1. The van der Waals surface area contributed by atoms with Gasteiger partial charge in [-0.05, 0) is 19.9 Å². The second-order valence-corrected chi connectivity index (χ2v) is 5.50. The van der Waals surface area contributed by atoms with E-state index < -0.39 is 11.8 Å². The Bertz CT molecular complexity index is 452. The average Bonchev–Trinajstić information content (AvgIpc) is 2.67. The number of nitrogens with zero attached hydrogens (tertiary/aromatic N) is 2. The standard InChI is InChI=1S/C12H18N4O2S/c1-9-15-10(8-19-9)7-14-11(17)12(18)16-5-2-3-13-4-6-16/h8,13H,2-7H2,1H3,(H,14,17). The summed E-state index contributed by atoms with van der Waals surface area (Å²) < 4.78 is 0. The van der Waals surface area contributed by atoms with Gasteiger partial charge in [0.25, 0.3) is 0 Å². The number of hydrogen-bond acceptors (Lipinski definition) is 5. The molecule has 0 unspecified atom stereocenters. The molecule has 104 valence electrons. The molecule has 19 heavy (non-hydrogen) atoms. The molecule has 1 fully saturated rings. The molecule has 1 aromatic rings. The lowest BCUT2D eigenvalue weighted by Gasteiger charge is -2.18. The average molecular weight is 282 g/mol. The van der Waals surface area contributed by atoms with Gasteiger partial charge in [0.05, 0.1) is 17.2 Å². The van der Waals surface area contributed by atoms with Crippen molar-refractivity contribution in [1.82, 2.24) is 20.5 Å². The number of aromatic nitrogens is 1. The molecule has 2 heterocycles. The Morgan fingerprint density at radius 3 is 3.05 bits per heavy atom. The van der Waals surface area contributed by atoms with Crippen LogP contribution in [0.3, 0.4) is 0 Å². The summed E-state index contributed by atoms with van der Waals surface area (Å²) in [7, 11) is 0. The van der Waals surface area contributed by atoms with Crippen LogP contribution < -0.4 is 10.6 Å². The first kappa shape index (κ1) is 14.0. The van der Waals surface area contributed by atoms with Crippen LogP contribution in [0.5, 0.6) is 0 Å². The fraction of sp³-hybridized carbons (Fsp3) is 0.583. The molecule has 0 aliphatic carbocycles. The summed E-state index contributed by atoms with van der Waals surface area (Å²) in [4.78, 5) is 29.6. The fourth-order valence-electron chi connectivity index (χ4n) is 1.93. The smallest absolute Gasteiger partial charge is 0.311 e. The van der Waals surface area contributed by atoms with Gasteiger partial charge < -0.3 is 15.5 Å². The lowest BCUT2D eigenvalue weighted by Crippen LogP contribution is -2.44. The summed E-state index contributed by atoms with van der Waals surface area (Å²) in [6, 6.07) is 0. The molecule has 7 heteroatoms. The highest BCUT2D eigenvalue weighted by Gasteiger charge is 2.22. The lowest BCUT2D eigenvalue weighted by molar-refractivity contribution is -0.145. The van der Waals surface area contributed by atoms with E-state index in [0.29, 0.717) is 19.6 Å². The Balaban J connectivity index is 1.83. The van der Waals surface area contributed by atoms with Crippen molar-refractivity contribution in [3.8, 4) is 0 Å². The lowest BCUT2D eigenvalue weighted by atomic mass is 10.3. The topological polar surface area (TPSA) is 74.3 Å². The van der Waals surface area contributed by atoms with Crippen molar-refractivity contribution in [2.45, 2.75) is 19.9 Å². The van der Waals surface area contributed by atoms with Crippen molar-refractivity contribution < 1.29 is 9.59 Å². The SMILES string of the molecule is Cc1nc(CNC(=O)C(=O)N2CCCNCC2)cs1. The summed E-state index contributed by atoms with van der Waals surface area (Å²) in [6.45, 7) is 5.07. The van der Waals surface area contributed by atoms with Gasteiger partial charge in [0.15, 0.2) is 0 Å². The molecule has 0 spiro atoms. The number of aryl methyl sites for hydroxylation is 1. The maximum absolute atomic E-state index is 11.9. The van der Waals surface area contributed by atoms with Crippen molar-refractivity contribution in [2.24, 2.45) is 0 Å². The zero-order valence-corrected chi connectivity index (χ0v) is 11.8. The van der Waals surface area contributed by atoms with Crippen molar-refractivity contribution in [2.75, 3.05) is 26.2 Å². The zero-order valence-electron chi connectivity index (χ0n) is 10.9. The summed E-state index contributed by atoms with van der Waals surface area (Å²) in [5.41, 5.74) is 0.793. The summed E-state index contributed by atoms with van der Waals surface area (Å²) in [5, 5.41) is 8.66. The van der Waals surface area contributed by atoms with Gasteiger partial charge >= 0.3 is 11.8 Å². The summed E-state index contributed by atoms with van der Waals surface area (Å²) in [6.07, 6.45) is 0.879. The first-order chi connectivity index (χ1) is 9.16. The molecular weight excluding hydrogens is 264 g/mol. The number of carbonyl (C=O) groups is 2. The molecule has 1 saturated heterocycles. The monoisotopic (exact) mass is 282 g/mol. The molecule has 1 aromatic heterocycles. The van der Waals surface area contributed by atoms with Crippen LogP contribution in [0.4, 0.5) is 0 Å². The van der Waals surface area contributed by atoms with E-state index in [9.17, 15) is 9.59 Å². The molecule has 2 N–H and O–H groups in total. The predicted molar refractivity (Wildman–Crippen MR) is 72.8 cm³/mol. The van der Waals surface area contributed by atoms with Crippen LogP contribution in [0, 0.1) is 6.92 Å². The van der Waals surface area contributed by atoms with Crippen LogP contribution in [0.1, 0.15) is 17.1 Å². The first-order valence-electron chi connectivity index (χ1n) is 6.35. The third kappa shape index (κ3) is 4.00. The van der Waals surface area contributed by atoms with Crippen molar-refractivity contribution >= 4 is 23.2 Å². The number of nitrogens with one attached hydrogen (secondary N) is 2. The molecule has 0 bridgehead atoms. The maximum Gasteiger partial charge on any atom is 0.311 e. The minimum atomic E-state index is -0.549. The van der Waals surface area contributed by atoms with Gasteiger partial charge in [-0.15, -0.1) is 11.3 Å². The molecule has 0 saturated carbocycles. The van der Waals surface area contributed by atoms with Gasteiger partial charge in [-0.1, -0.05) is 0 Å². The largest absolute Gasteiger partial charge is 0.342 e. The van der Waals surface area contributed by atoms with Crippen LogP contribution >= 0.6 is 11.3 Å². The van der Waals surface area contributed by atoms with E-state index in [0.717, 1.165) is 30.2 Å². The highest BCUT2D eigenvalue weighted by Crippen LogP contribution is 2.07. The molecule has 6 nitrogen and oxygen atoms in total. The van der Waals surface area contributed by atoms with Crippen LogP contribution in [-0.2, 0) is 16.1 Å². The normalized spacial score (nSPS) is 15.9. The van der Waals surface area contributed by atoms with Gasteiger partial charge in [0.2, 0.25) is 0 Å². The molecule has 0 radical (unpaired) electrons. The predicted octanol–water partition coefficient (Wildman–Crippen LogP) is -0.110. The highest BCUT2D eigenvalue weighted by molar-refractivity contribution is 7.09. The van der Waals surface area contributed by atoms with Gasteiger partial charge in [0, 0.05) is 25.0 Å². The molecule has 1 aliphatic heterocycles. The quantitative estimate of drug-likeness (QED) is 0.742. The van der Waals surface area contributed by atoms with E-state index in [4.69, 9.17) is 0 Å². The maximum atomic E-state index is 11.9. The Hall–Kier alpha value is -1.47. The second-order valence-electron chi connectivity index (χ2n) is 4.44. The summed E-state index contributed by atoms with van der Waals surface area (Å²) >= 11 is 1.53. The molecule has 0 atom stereocenters. The zero-order chi connectivity index (χ0) is 13.7. The van der Waals surface area contributed by atoms with E-state index in [1.165, 1.54) is 11.3 Å². The second kappa shape index (κ2) is 6.63. The van der Waals surface area contributed by atoms with E-state index >= 15 is 0 Å².